The largest absolute Gasteiger partial charge is 0.491 e. The summed E-state index contributed by atoms with van der Waals surface area (Å²) in [7, 11) is 0. The molecule has 0 radical (unpaired) electrons. The summed E-state index contributed by atoms with van der Waals surface area (Å²) in [6, 6.07) is 10.6. The van der Waals surface area contributed by atoms with Crippen LogP contribution in [-0.2, 0) is 9.59 Å². The topological polar surface area (TPSA) is 61.9 Å². The molecular weight excluding hydrogens is 428 g/mol. The number of piperazine rings is 1. The normalized spacial score (nSPS) is 13.8. The Morgan fingerprint density at radius 1 is 1.03 bits per heavy atom. The van der Waals surface area contributed by atoms with Gasteiger partial charge < -0.3 is 19.9 Å². The van der Waals surface area contributed by atoms with Crippen molar-refractivity contribution in [1.82, 2.24) is 10.2 Å². The second kappa shape index (κ2) is 10.9. The van der Waals surface area contributed by atoms with Crippen LogP contribution in [0.4, 0.5) is 14.5 Å². The summed E-state index contributed by atoms with van der Waals surface area (Å²) >= 11 is 5.91. The number of hydrogen-bond acceptors (Lipinski definition) is 4. The van der Waals surface area contributed by atoms with E-state index < -0.39 is 11.6 Å². The van der Waals surface area contributed by atoms with Crippen molar-refractivity contribution in [2.45, 2.75) is 12.8 Å². The van der Waals surface area contributed by atoms with Crippen LogP contribution < -0.4 is 15.0 Å². The van der Waals surface area contributed by atoms with Crippen molar-refractivity contribution in [2.75, 3.05) is 44.2 Å². The molecule has 6 nitrogen and oxygen atoms in total. The third-order valence-electron chi connectivity index (χ3n) is 4.96. The highest BCUT2D eigenvalue weighted by Crippen LogP contribution is 2.20. The molecule has 1 fully saturated rings. The number of nitrogens with one attached hydrogen (secondary N) is 1. The van der Waals surface area contributed by atoms with Gasteiger partial charge >= 0.3 is 0 Å². The number of halogens is 3. The molecular formula is C22H24ClF2N3O3. The minimum Gasteiger partial charge on any atom is -0.491 e. The maximum Gasteiger partial charge on any atom is 0.242 e. The molecule has 0 aromatic heterocycles. The number of carbonyl (C=O) groups excluding carboxylic acids is 2. The summed E-state index contributed by atoms with van der Waals surface area (Å²) in [5.41, 5.74) is 1.06. The maximum atomic E-state index is 13.5. The molecule has 0 atom stereocenters. The molecule has 0 spiro atoms. The molecule has 0 saturated carbocycles. The van der Waals surface area contributed by atoms with E-state index in [-0.39, 0.29) is 37.1 Å². The lowest BCUT2D eigenvalue weighted by molar-refractivity contribution is -0.133. The Hall–Kier alpha value is -2.87. The fourth-order valence-corrected chi connectivity index (χ4v) is 3.37. The highest BCUT2D eigenvalue weighted by Gasteiger charge is 2.21. The Kier molecular flexibility index (Phi) is 8.06. The number of ether oxygens (including phenoxy) is 1. The van der Waals surface area contributed by atoms with Gasteiger partial charge in [-0.15, -0.1) is 0 Å². The molecule has 2 aromatic rings. The van der Waals surface area contributed by atoms with E-state index >= 15 is 0 Å². The van der Waals surface area contributed by atoms with Gasteiger partial charge in [-0.25, -0.2) is 8.78 Å². The summed E-state index contributed by atoms with van der Waals surface area (Å²) in [4.78, 5) is 28.2. The first kappa shape index (κ1) is 22.8. The Morgan fingerprint density at radius 3 is 2.42 bits per heavy atom. The number of benzene rings is 2. The fraction of sp³-hybridized carbons (Fsp3) is 0.364. The van der Waals surface area contributed by atoms with Crippen LogP contribution in [0.15, 0.2) is 42.5 Å². The van der Waals surface area contributed by atoms with Gasteiger partial charge in [0.2, 0.25) is 11.8 Å². The van der Waals surface area contributed by atoms with Crippen LogP contribution in [-0.4, -0.2) is 56.0 Å². The van der Waals surface area contributed by atoms with Gasteiger partial charge in [0, 0.05) is 49.4 Å². The van der Waals surface area contributed by atoms with Crippen LogP contribution >= 0.6 is 11.6 Å². The molecule has 9 heteroatoms. The monoisotopic (exact) mass is 451 g/mol. The smallest absolute Gasteiger partial charge is 0.242 e. The molecule has 0 aliphatic carbocycles. The highest BCUT2D eigenvalue weighted by atomic mass is 35.5. The van der Waals surface area contributed by atoms with E-state index in [0.717, 1.165) is 17.8 Å². The summed E-state index contributed by atoms with van der Waals surface area (Å²) < 4.78 is 31.5. The third kappa shape index (κ3) is 6.82. The number of rotatable bonds is 8. The SMILES string of the molecule is O=C(CCCOc1ccc(F)cc1F)NCC(=O)N1CCN(c2ccc(Cl)cc2)CC1. The van der Waals surface area contributed by atoms with Crippen molar-refractivity contribution in [1.29, 1.82) is 0 Å². The first-order valence-corrected chi connectivity index (χ1v) is 10.4. The minimum absolute atomic E-state index is 0.0604. The number of nitrogens with zero attached hydrogens (tertiary/aromatic N) is 2. The van der Waals surface area contributed by atoms with Crippen molar-refractivity contribution in [2.24, 2.45) is 0 Å². The van der Waals surface area contributed by atoms with Gasteiger partial charge in [0.05, 0.1) is 13.2 Å². The molecule has 31 heavy (non-hydrogen) atoms. The van der Waals surface area contributed by atoms with Crippen LogP contribution in [0, 0.1) is 11.6 Å². The number of anilines is 1. The molecule has 2 amide bonds. The molecule has 1 saturated heterocycles. The Balaban J connectivity index is 1.31. The van der Waals surface area contributed by atoms with E-state index in [0.29, 0.717) is 37.6 Å². The summed E-state index contributed by atoms with van der Waals surface area (Å²) in [5.74, 6) is -1.94. The lowest BCUT2D eigenvalue weighted by Gasteiger charge is -2.36. The molecule has 1 aliphatic rings. The van der Waals surface area contributed by atoms with Gasteiger partial charge in [-0.2, -0.15) is 0 Å². The quantitative estimate of drug-likeness (QED) is 0.626. The van der Waals surface area contributed by atoms with E-state index in [2.05, 4.69) is 10.2 Å². The second-order valence-electron chi connectivity index (χ2n) is 7.15. The number of amides is 2. The molecule has 166 valence electrons. The van der Waals surface area contributed by atoms with Gasteiger partial charge in [-0.05, 0) is 42.8 Å². The minimum atomic E-state index is -0.786. The summed E-state index contributed by atoms with van der Waals surface area (Å²) in [5, 5.41) is 3.29. The number of hydrogen-bond donors (Lipinski definition) is 1. The number of carbonyl (C=O) groups is 2. The highest BCUT2D eigenvalue weighted by molar-refractivity contribution is 6.30. The molecule has 1 heterocycles. The molecule has 1 N–H and O–H groups in total. The third-order valence-corrected chi connectivity index (χ3v) is 5.21. The van der Waals surface area contributed by atoms with Crippen molar-refractivity contribution >= 4 is 29.1 Å². The van der Waals surface area contributed by atoms with Gasteiger partial charge in [-0.1, -0.05) is 11.6 Å². The maximum absolute atomic E-state index is 13.5. The van der Waals surface area contributed by atoms with Crippen LogP contribution in [0.25, 0.3) is 0 Å². The van der Waals surface area contributed by atoms with Crippen molar-refractivity contribution in [3.63, 3.8) is 0 Å². The summed E-state index contributed by atoms with van der Waals surface area (Å²) in [6.07, 6.45) is 0.483. The Bertz CT molecular complexity index is 903. The van der Waals surface area contributed by atoms with Crippen LogP contribution in [0.2, 0.25) is 5.02 Å². The van der Waals surface area contributed by atoms with E-state index in [1.54, 1.807) is 4.90 Å². The Labute approximate surface area is 184 Å². The fourth-order valence-electron chi connectivity index (χ4n) is 3.25. The average molecular weight is 452 g/mol. The first-order chi connectivity index (χ1) is 14.9. The van der Waals surface area contributed by atoms with Crippen molar-refractivity contribution in [3.05, 3.63) is 59.1 Å². The van der Waals surface area contributed by atoms with E-state index in [1.165, 1.54) is 6.07 Å². The standard InChI is InChI=1S/C22H24ClF2N3O3/c23-16-3-6-18(7-4-16)27-9-11-28(12-10-27)22(30)15-26-21(29)2-1-13-31-20-8-5-17(24)14-19(20)25/h3-8,14H,1-2,9-13,15H2,(H,26,29). The van der Waals surface area contributed by atoms with Gasteiger partial charge in [-0.3, -0.25) is 9.59 Å². The predicted molar refractivity (Wildman–Crippen MR) is 114 cm³/mol. The molecule has 1 aliphatic heterocycles. The van der Waals surface area contributed by atoms with Gasteiger partial charge in [0.1, 0.15) is 5.82 Å². The molecule has 2 aromatic carbocycles. The van der Waals surface area contributed by atoms with E-state index in [1.807, 2.05) is 24.3 Å². The van der Waals surface area contributed by atoms with Crippen LogP contribution in [0.3, 0.4) is 0 Å². The van der Waals surface area contributed by atoms with E-state index in [9.17, 15) is 18.4 Å². The van der Waals surface area contributed by atoms with Crippen LogP contribution in [0.5, 0.6) is 5.75 Å². The zero-order valence-electron chi connectivity index (χ0n) is 17.0. The molecule has 0 bridgehead atoms. The lowest BCUT2D eigenvalue weighted by atomic mass is 10.2. The van der Waals surface area contributed by atoms with Crippen molar-refractivity contribution in [3.8, 4) is 5.75 Å². The average Bonchev–Trinajstić information content (AvgIpc) is 2.77. The zero-order chi connectivity index (χ0) is 22.2. The van der Waals surface area contributed by atoms with Crippen LogP contribution in [0.1, 0.15) is 12.8 Å². The van der Waals surface area contributed by atoms with Gasteiger partial charge in [0.25, 0.3) is 0 Å². The Morgan fingerprint density at radius 2 is 1.74 bits per heavy atom. The van der Waals surface area contributed by atoms with Gasteiger partial charge in [0.15, 0.2) is 11.6 Å². The predicted octanol–water partition coefficient (Wildman–Crippen LogP) is 3.24. The van der Waals surface area contributed by atoms with E-state index in [4.69, 9.17) is 16.3 Å². The lowest BCUT2D eigenvalue weighted by Crippen LogP contribution is -2.51. The second-order valence-corrected chi connectivity index (χ2v) is 7.58. The molecule has 3 rings (SSSR count). The molecule has 0 unspecified atom stereocenters. The van der Waals surface area contributed by atoms with Crippen molar-refractivity contribution < 1.29 is 23.1 Å². The first-order valence-electron chi connectivity index (χ1n) is 10.1. The summed E-state index contributed by atoms with van der Waals surface area (Å²) in [6.45, 7) is 2.61. The zero-order valence-corrected chi connectivity index (χ0v) is 17.7.